The van der Waals surface area contributed by atoms with E-state index < -0.39 is 0 Å². The number of methoxy groups -OCH3 is 1. The van der Waals surface area contributed by atoms with Crippen LogP contribution in [0.1, 0.15) is 28.9 Å². The van der Waals surface area contributed by atoms with E-state index >= 15 is 0 Å². The van der Waals surface area contributed by atoms with Gasteiger partial charge in [0, 0.05) is 35.6 Å². The summed E-state index contributed by atoms with van der Waals surface area (Å²) in [6.07, 6.45) is 3.77. The molecule has 0 atom stereocenters. The number of hydrogen-bond acceptors (Lipinski definition) is 3. The van der Waals surface area contributed by atoms with Gasteiger partial charge < -0.3 is 19.5 Å². The summed E-state index contributed by atoms with van der Waals surface area (Å²) in [5.41, 5.74) is 3.88. The Morgan fingerprint density at radius 3 is 2.59 bits per heavy atom. The number of amides is 1. The summed E-state index contributed by atoms with van der Waals surface area (Å²) in [6, 6.07) is 17.5. The molecule has 1 aromatic heterocycles. The van der Waals surface area contributed by atoms with Crippen molar-refractivity contribution in [1.82, 2.24) is 9.47 Å². The molecule has 148 valence electrons. The maximum Gasteiger partial charge on any atom is 0.253 e. The summed E-state index contributed by atoms with van der Waals surface area (Å²) < 4.78 is 7.43. The number of halogens is 1. The second-order valence-corrected chi connectivity index (χ2v) is 8.09. The summed E-state index contributed by atoms with van der Waals surface area (Å²) >= 11 is 6.25. The van der Waals surface area contributed by atoms with Crippen LogP contribution < -0.4 is 10.1 Å². The molecule has 5 rings (SSSR count). The van der Waals surface area contributed by atoms with Crippen LogP contribution >= 0.6 is 11.6 Å². The van der Waals surface area contributed by atoms with Gasteiger partial charge in [-0.15, -0.1) is 0 Å². The van der Waals surface area contributed by atoms with Crippen molar-refractivity contribution >= 4 is 23.2 Å². The van der Waals surface area contributed by atoms with Gasteiger partial charge in [-0.25, -0.2) is 0 Å². The Morgan fingerprint density at radius 1 is 1.10 bits per heavy atom. The third-order valence-electron chi connectivity index (χ3n) is 6.07. The monoisotopic (exact) mass is 407 g/mol. The molecule has 6 heteroatoms. The first-order valence-electron chi connectivity index (χ1n) is 9.79. The zero-order valence-electron chi connectivity index (χ0n) is 16.2. The highest BCUT2D eigenvalue weighted by Gasteiger charge is 2.42. The lowest BCUT2D eigenvalue weighted by atomic mass is 9.82. The molecule has 2 aromatic carbocycles. The zero-order valence-corrected chi connectivity index (χ0v) is 16.9. The quantitative estimate of drug-likeness (QED) is 0.670. The van der Waals surface area contributed by atoms with Gasteiger partial charge in [-0.2, -0.15) is 0 Å². The van der Waals surface area contributed by atoms with Crippen LogP contribution in [0.3, 0.4) is 0 Å². The number of fused-ring (bicyclic) bond motifs is 4. The van der Waals surface area contributed by atoms with Gasteiger partial charge in [0.2, 0.25) is 0 Å². The van der Waals surface area contributed by atoms with Crippen molar-refractivity contribution in [3.63, 3.8) is 0 Å². The predicted octanol–water partition coefficient (Wildman–Crippen LogP) is 4.70. The molecule has 2 aliphatic heterocycles. The van der Waals surface area contributed by atoms with Gasteiger partial charge in [-0.1, -0.05) is 11.6 Å². The first-order valence-corrected chi connectivity index (χ1v) is 10.2. The first kappa shape index (κ1) is 18.1. The van der Waals surface area contributed by atoms with E-state index in [2.05, 4.69) is 28.2 Å². The molecule has 1 saturated heterocycles. The van der Waals surface area contributed by atoms with Crippen molar-refractivity contribution in [3.8, 4) is 11.4 Å². The van der Waals surface area contributed by atoms with Crippen molar-refractivity contribution in [2.24, 2.45) is 0 Å². The molecule has 0 radical (unpaired) electrons. The van der Waals surface area contributed by atoms with Crippen molar-refractivity contribution in [2.75, 3.05) is 25.5 Å². The van der Waals surface area contributed by atoms with E-state index in [1.165, 1.54) is 5.69 Å². The van der Waals surface area contributed by atoms with Crippen molar-refractivity contribution < 1.29 is 9.53 Å². The number of carbonyl (C=O) groups excluding carboxylic acids is 1. The minimum atomic E-state index is -0.197. The molecule has 3 aromatic rings. The lowest BCUT2D eigenvalue weighted by Gasteiger charge is -2.46. The van der Waals surface area contributed by atoms with Gasteiger partial charge in [0.15, 0.2) is 0 Å². The number of nitrogens with one attached hydrogen (secondary N) is 1. The number of likely N-dealkylation sites (tertiary alicyclic amines) is 1. The highest BCUT2D eigenvalue weighted by molar-refractivity contribution is 6.31. The maximum atomic E-state index is 13.0. The molecular weight excluding hydrogens is 386 g/mol. The predicted molar refractivity (Wildman–Crippen MR) is 114 cm³/mol. The minimum Gasteiger partial charge on any atom is -0.497 e. The molecule has 1 amide bonds. The van der Waals surface area contributed by atoms with Crippen LogP contribution in [-0.4, -0.2) is 35.6 Å². The average molecular weight is 408 g/mol. The van der Waals surface area contributed by atoms with E-state index in [0.717, 1.165) is 30.0 Å². The SMILES string of the molecule is COc1ccc(C(=O)N2CCC3(CC2)Nc2cc(Cl)ccc2-n2cccc23)cc1. The Hall–Kier alpha value is -2.92. The summed E-state index contributed by atoms with van der Waals surface area (Å²) in [5, 5.41) is 4.47. The second-order valence-electron chi connectivity index (χ2n) is 7.65. The smallest absolute Gasteiger partial charge is 0.253 e. The lowest BCUT2D eigenvalue weighted by Crippen LogP contribution is -2.51. The van der Waals surface area contributed by atoms with E-state index in [1.54, 1.807) is 7.11 Å². The number of aromatic nitrogens is 1. The normalized spacial score (nSPS) is 16.7. The van der Waals surface area contributed by atoms with E-state index in [0.29, 0.717) is 23.7 Å². The fourth-order valence-electron chi connectivity index (χ4n) is 4.51. The van der Waals surface area contributed by atoms with Gasteiger partial charge in [0.05, 0.1) is 24.0 Å². The zero-order chi connectivity index (χ0) is 20.0. The van der Waals surface area contributed by atoms with Gasteiger partial charge in [-0.3, -0.25) is 4.79 Å². The van der Waals surface area contributed by atoms with Crippen LogP contribution in [0.15, 0.2) is 60.8 Å². The summed E-state index contributed by atoms with van der Waals surface area (Å²) in [6.45, 7) is 1.39. The molecule has 0 saturated carbocycles. The van der Waals surface area contributed by atoms with E-state index in [1.807, 2.05) is 47.4 Å². The minimum absolute atomic E-state index is 0.0668. The standard InChI is InChI=1S/C23H22ClN3O2/c1-29-18-7-4-16(5-8-18)22(28)26-13-10-23(11-14-26)21-3-2-12-27(21)20-9-6-17(24)15-19(20)25-23/h2-9,12,15,25H,10-11,13-14H2,1H3. The summed E-state index contributed by atoms with van der Waals surface area (Å²) in [5.74, 6) is 0.820. The molecule has 1 spiro atoms. The number of anilines is 1. The summed E-state index contributed by atoms with van der Waals surface area (Å²) in [7, 11) is 1.62. The lowest BCUT2D eigenvalue weighted by molar-refractivity contribution is 0.0676. The maximum absolute atomic E-state index is 13.0. The van der Waals surface area contributed by atoms with Crippen LogP contribution in [-0.2, 0) is 5.54 Å². The second kappa shape index (κ2) is 6.85. The van der Waals surface area contributed by atoms with Crippen LogP contribution in [0.2, 0.25) is 5.02 Å². The molecule has 0 unspecified atom stereocenters. The Morgan fingerprint density at radius 2 is 1.86 bits per heavy atom. The van der Waals surface area contributed by atoms with Crippen molar-refractivity contribution in [2.45, 2.75) is 18.4 Å². The van der Waals surface area contributed by atoms with E-state index in [4.69, 9.17) is 16.3 Å². The highest BCUT2D eigenvalue weighted by atomic mass is 35.5. The van der Waals surface area contributed by atoms with Crippen LogP contribution in [0, 0.1) is 0 Å². The number of benzene rings is 2. The van der Waals surface area contributed by atoms with Crippen LogP contribution in [0.5, 0.6) is 5.75 Å². The molecule has 1 fully saturated rings. The number of piperidine rings is 1. The van der Waals surface area contributed by atoms with Gasteiger partial charge in [0.25, 0.3) is 5.91 Å². The highest BCUT2D eigenvalue weighted by Crippen LogP contribution is 2.44. The topological polar surface area (TPSA) is 46.5 Å². The molecule has 0 bridgehead atoms. The number of nitrogens with zero attached hydrogens (tertiary/aromatic N) is 2. The Bertz CT molecular complexity index is 1070. The van der Waals surface area contributed by atoms with Crippen LogP contribution in [0.4, 0.5) is 5.69 Å². The van der Waals surface area contributed by atoms with Gasteiger partial charge in [-0.05, 0) is 67.4 Å². The number of ether oxygens (including phenoxy) is 1. The Kier molecular flexibility index (Phi) is 4.28. The first-order chi connectivity index (χ1) is 14.1. The number of hydrogen-bond donors (Lipinski definition) is 1. The fraction of sp³-hybridized carbons (Fsp3) is 0.261. The van der Waals surface area contributed by atoms with Gasteiger partial charge in [0.1, 0.15) is 5.75 Å². The molecule has 0 aliphatic carbocycles. The molecule has 3 heterocycles. The molecule has 2 aliphatic rings. The van der Waals surface area contributed by atoms with Gasteiger partial charge >= 0.3 is 0 Å². The third-order valence-corrected chi connectivity index (χ3v) is 6.31. The van der Waals surface area contributed by atoms with Crippen LogP contribution in [0.25, 0.3) is 5.69 Å². The molecule has 29 heavy (non-hydrogen) atoms. The molecule has 5 nitrogen and oxygen atoms in total. The molecular formula is C23H22ClN3O2. The number of rotatable bonds is 2. The largest absolute Gasteiger partial charge is 0.497 e. The van der Waals surface area contributed by atoms with Crippen molar-refractivity contribution in [3.05, 3.63) is 77.1 Å². The summed E-state index contributed by atoms with van der Waals surface area (Å²) in [4.78, 5) is 14.9. The Labute approximate surface area is 174 Å². The molecule has 1 N–H and O–H groups in total. The van der Waals surface area contributed by atoms with Crippen molar-refractivity contribution in [1.29, 1.82) is 0 Å². The van der Waals surface area contributed by atoms with E-state index in [9.17, 15) is 4.79 Å². The fourth-order valence-corrected chi connectivity index (χ4v) is 4.68. The average Bonchev–Trinajstić information content (AvgIpc) is 3.25. The third kappa shape index (κ3) is 2.97. The van der Waals surface area contributed by atoms with E-state index in [-0.39, 0.29) is 11.4 Å². The Balaban J connectivity index is 1.39. The number of carbonyl (C=O) groups is 1.